The van der Waals surface area contributed by atoms with E-state index in [9.17, 15) is 19.7 Å². The first-order valence-electron chi connectivity index (χ1n) is 5.17. The van der Waals surface area contributed by atoms with Crippen LogP contribution in [0.4, 0.5) is 10.5 Å². The minimum absolute atomic E-state index is 0.0543. The molecule has 0 unspecified atom stereocenters. The van der Waals surface area contributed by atoms with E-state index in [-0.39, 0.29) is 16.9 Å². The number of imide groups is 1. The number of nitrogens with zero attached hydrogens (tertiary/aromatic N) is 1. The Bertz CT molecular complexity index is 608. The third-order valence-corrected chi connectivity index (χ3v) is 2.45. The number of nitro benzene ring substituents is 1. The second-order valence-electron chi connectivity index (χ2n) is 3.65. The molecule has 0 aromatic heterocycles. The summed E-state index contributed by atoms with van der Waals surface area (Å²) in [5.41, 5.74) is -0.0831. The average Bonchev–Trinajstić information content (AvgIpc) is 2.67. The molecule has 0 bridgehead atoms. The fraction of sp³-hybridized carbons (Fsp3) is 0.0909. The average molecular weight is 263 g/mol. The summed E-state index contributed by atoms with van der Waals surface area (Å²) in [5, 5.41) is 15.1. The van der Waals surface area contributed by atoms with Crippen LogP contribution in [0.25, 0.3) is 6.08 Å². The molecule has 0 spiro atoms. The molecule has 19 heavy (non-hydrogen) atoms. The topological polar surface area (TPSA) is 111 Å². The van der Waals surface area contributed by atoms with E-state index in [1.807, 2.05) is 5.32 Å². The molecule has 0 aliphatic carbocycles. The summed E-state index contributed by atoms with van der Waals surface area (Å²) in [6.07, 6.45) is 1.22. The number of hydrogen-bond donors (Lipinski definition) is 2. The van der Waals surface area contributed by atoms with E-state index in [1.165, 1.54) is 31.4 Å². The van der Waals surface area contributed by atoms with E-state index in [0.717, 1.165) is 0 Å². The van der Waals surface area contributed by atoms with Crippen LogP contribution >= 0.6 is 0 Å². The molecule has 1 heterocycles. The van der Waals surface area contributed by atoms with Crippen molar-refractivity contribution in [2.24, 2.45) is 0 Å². The molecule has 8 heteroatoms. The molecular weight excluding hydrogens is 254 g/mol. The summed E-state index contributed by atoms with van der Waals surface area (Å²) >= 11 is 0. The Morgan fingerprint density at radius 1 is 1.32 bits per heavy atom. The zero-order valence-electron chi connectivity index (χ0n) is 9.80. The Balaban J connectivity index is 2.48. The number of amides is 3. The smallest absolute Gasteiger partial charge is 0.326 e. The predicted octanol–water partition coefficient (Wildman–Crippen LogP) is 0.784. The Morgan fingerprint density at radius 2 is 2.05 bits per heavy atom. The van der Waals surface area contributed by atoms with E-state index >= 15 is 0 Å². The summed E-state index contributed by atoms with van der Waals surface area (Å²) < 4.78 is 4.96. The molecule has 1 aliphatic heterocycles. The van der Waals surface area contributed by atoms with Crippen LogP contribution in [0.15, 0.2) is 23.9 Å². The van der Waals surface area contributed by atoms with Gasteiger partial charge in [-0.2, -0.15) is 0 Å². The molecule has 0 saturated carbocycles. The lowest BCUT2D eigenvalue weighted by Crippen LogP contribution is -2.22. The molecule has 0 radical (unpaired) electrons. The Labute approximate surface area is 107 Å². The van der Waals surface area contributed by atoms with Gasteiger partial charge in [0.25, 0.3) is 11.6 Å². The number of ether oxygens (including phenoxy) is 1. The SMILES string of the molecule is COc1ccc([N+](=O)[O-])c(/C=C2\NC(=O)NC2=O)c1. The van der Waals surface area contributed by atoms with Gasteiger partial charge in [-0.3, -0.25) is 20.2 Å². The fourth-order valence-electron chi connectivity index (χ4n) is 1.58. The number of hydrogen-bond acceptors (Lipinski definition) is 5. The zero-order chi connectivity index (χ0) is 14.0. The predicted molar refractivity (Wildman–Crippen MR) is 64.3 cm³/mol. The van der Waals surface area contributed by atoms with E-state index in [0.29, 0.717) is 5.75 Å². The van der Waals surface area contributed by atoms with Crippen LogP contribution in [-0.4, -0.2) is 24.0 Å². The van der Waals surface area contributed by atoms with Crippen LogP contribution in [0.3, 0.4) is 0 Å². The lowest BCUT2D eigenvalue weighted by Gasteiger charge is -2.03. The Kier molecular flexibility index (Phi) is 3.15. The highest BCUT2D eigenvalue weighted by Crippen LogP contribution is 2.26. The van der Waals surface area contributed by atoms with Crippen molar-refractivity contribution in [1.29, 1.82) is 0 Å². The number of carbonyl (C=O) groups excluding carboxylic acids is 2. The van der Waals surface area contributed by atoms with Crippen molar-refractivity contribution in [2.45, 2.75) is 0 Å². The standard InChI is InChI=1S/C11H9N3O5/c1-19-7-2-3-9(14(17)18)6(4-7)5-8-10(15)13-11(16)12-8/h2-5H,1H3,(H2,12,13,15,16)/b8-5-. The Hall–Kier alpha value is -2.90. The largest absolute Gasteiger partial charge is 0.497 e. The van der Waals surface area contributed by atoms with Gasteiger partial charge in [0.2, 0.25) is 0 Å². The van der Waals surface area contributed by atoms with Crippen LogP contribution in [0, 0.1) is 10.1 Å². The number of benzene rings is 1. The van der Waals surface area contributed by atoms with Crippen LogP contribution in [0.1, 0.15) is 5.56 Å². The lowest BCUT2D eigenvalue weighted by atomic mass is 10.1. The molecule has 1 saturated heterocycles. The monoisotopic (exact) mass is 263 g/mol. The first kappa shape index (κ1) is 12.6. The second kappa shape index (κ2) is 4.77. The van der Waals surface area contributed by atoms with E-state index < -0.39 is 16.9 Å². The van der Waals surface area contributed by atoms with Gasteiger partial charge in [-0.05, 0) is 18.2 Å². The van der Waals surface area contributed by atoms with Gasteiger partial charge in [0.1, 0.15) is 11.4 Å². The normalized spacial score (nSPS) is 16.2. The van der Waals surface area contributed by atoms with Crippen molar-refractivity contribution in [3.63, 3.8) is 0 Å². The molecule has 0 atom stereocenters. The lowest BCUT2D eigenvalue weighted by molar-refractivity contribution is -0.385. The molecule has 3 amide bonds. The van der Waals surface area contributed by atoms with Crippen molar-refractivity contribution < 1.29 is 19.2 Å². The number of nitro groups is 1. The van der Waals surface area contributed by atoms with Gasteiger partial charge >= 0.3 is 6.03 Å². The fourth-order valence-corrected chi connectivity index (χ4v) is 1.58. The minimum atomic E-state index is -0.665. The first-order valence-corrected chi connectivity index (χ1v) is 5.17. The number of nitrogens with one attached hydrogen (secondary N) is 2. The zero-order valence-corrected chi connectivity index (χ0v) is 9.80. The van der Waals surface area contributed by atoms with E-state index in [1.54, 1.807) is 0 Å². The highest BCUT2D eigenvalue weighted by molar-refractivity contribution is 6.14. The minimum Gasteiger partial charge on any atom is -0.497 e. The first-order chi connectivity index (χ1) is 9.01. The summed E-state index contributed by atoms with van der Waals surface area (Å²) in [4.78, 5) is 32.6. The van der Waals surface area contributed by atoms with Crippen molar-refractivity contribution in [2.75, 3.05) is 7.11 Å². The van der Waals surface area contributed by atoms with Gasteiger partial charge in [-0.1, -0.05) is 0 Å². The van der Waals surface area contributed by atoms with Gasteiger partial charge in [-0.15, -0.1) is 0 Å². The van der Waals surface area contributed by atoms with Gasteiger partial charge < -0.3 is 10.1 Å². The number of carbonyl (C=O) groups is 2. The molecular formula is C11H9N3O5. The molecule has 98 valence electrons. The van der Waals surface area contributed by atoms with E-state index in [2.05, 4.69) is 5.32 Å². The van der Waals surface area contributed by atoms with Crippen molar-refractivity contribution in [3.8, 4) is 5.75 Å². The van der Waals surface area contributed by atoms with Crippen molar-refractivity contribution in [3.05, 3.63) is 39.6 Å². The van der Waals surface area contributed by atoms with Crippen LogP contribution < -0.4 is 15.4 Å². The third-order valence-electron chi connectivity index (χ3n) is 2.45. The number of urea groups is 1. The van der Waals surface area contributed by atoms with Crippen molar-refractivity contribution >= 4 is 23.7 Å². The Morgan fingerprint density at radius 3 is 2.58 bits per heavy atom. The molecule has 8 nitrogen and oxygen atoms in total. The van der Waals surface area contributed by atoms with Gasteiger partial charge in [0.05, 0.1) is 17.6 Å². The highest BCUT2D eigenvalue weighted by atomic mass is 16.6. The molecule has 1 aliphatic rings. The molecule has 2 N–H and O–H groups in total. The molecule has 2 rings (SSSR count). The van der Waals surface area contributed by atoms with Gasteiger partial charge in [0, 0.05) is 6.07 Å². The van der Waals surface area contributed by atoms with Crippen LogP contribution in [0.2, 0.25) is 0 Å². The molecule has 1 fully saturated rings. The number of methoxy groups -OCH3 is 1. The maximum Gasteiger partial charge on any atom is 0.326 e. The third kappa shape index (κ3) is 2.51. The molecule has 1 aromatic rings. The maximum atomic E-state index is 11.4. The number of rotatable bonds is 3. The summed E-state index contributed by atoms with van der Waals surface area (Å²) in [6, 6.07) is 3.44. The summed E-state index contributed by atoms with van der Waals surface area (Å²) in [6.45, 7) is 0. The van der Waals surface area contributed by atoms with E-state index in [4.69, 9.17) is 4.74 Å². The van der Waals surface area contributed by atoms with Gasteiger partial charge in [-0.25, -0.2) is 4.79 Å². The van der Waals surface area contributed by atoms with Crippen LogP contribution in [-0.2, 0) is 4.79 Å². The quantitative estimate of drug-likeness (QED) is 0.362. The molecule has 1 aromatic carbocycles. The van der Waals surface area contributed by atoms with Gasteiger partial charge in [0.15, 0.2) is 0 Å². The highest BCUT2D eigenvalue weighted by Gasteiger charge is 2.24. The maximum absolute atomic E-state index is 11.4. The second-order valence-corrected chi connectivity index (χ2v) is 3.65. The summed E-state index contributed by atoms with van der Waals surface area (Å²) in [7, 11) is 1.42. The van der Waals surface area contributed by atoms with Crippen LogP contribution in [0.5, 0.6) is 5.75 Å². The van der Waals surface area contributed by atoms with Crippen molar-refractivity contribution in [1.82, 2.24) is 10.6 Å². The summed E-state index contributed by atoms with van der Waals surface area (Å²) in [5.74, 6) is -0.232.